The van der Waals surface area contributed by atoms with E-state index >= 15 is 0 Å². The second kappa shape index (κ2) is 3.62. The maximum Gasteiger partial charge on any atom is 0.170 e. The van der Waals surface area contributed by atoms with Crippen molar-refractivity contribution in [3.05, 3.63) is 29.3 Å². The standard InChI is InChI=1S/C14H18O2/c1-9(2)10-5-6-13-11(7-10)12(15)8-14(3,4)16-13/h5-7,9H,8H2,1-4H3. The highest BCUT2D eigenvalue weighted by Crippen LogP contribution is 2.34. The largest absolute Gasteiger partial charge is 0.487 e. The third kappa shape index (κ3) is 1.97. The van der Waals surface area contributed by atoms with Gasteiger partial charge in [0.05, 0.1) is 12.0 Å². The summed E-state index contributed by atoms with van der Waals surface area (Å²) in [6, 6.07) is 5.93. The first kappa shape index (κ1) is 11.2. The van der Waals surface area contributed by atoms with E-state index in [1.54, 1.807) is 0 Å². The summed E-state index contributed by atoms with van der Waals surface area (Å²) < 4.78 is 5.80. The van der Waals surface area contributed by atoms with Gasteiger partial charge in [-0.3, -0.25) is 4.79 Å². The molecule has 0 N–H and O–H groups in total. The lowest BCUT2D eigenvalue weighted by Crippen LogP contribution is -2.35. The van der Waals surface area contributed by atoms with Crippen molar-refractivity contribution in [3.8, 4) is 5.75 Å². The topological polar surface area (TPSA) is 26.3 Å². The van der Waals surface area contributed by atoms with E-state index in [2.05, 4.69) is 13.8 Å². The molecule has 2 nitrogen and oxygen atoms in total. The summed E-state index contributed by atoms with van der Waals surface area (Å²) in [5.41, 5.74) is 1.56. The van der Waals surface area contributed by atoms with E-state index in [0.29, 0.717) is 12.3 Å². The normalized spacial score (nSPS) is 18.2. The lowest BCUT2D eigenvalue weighted by atomic mass is 9.90. The number of carbonyl (C=O) groups is 1. The molecule has 86 valence electrons. The van der Waals surface area contributed by atoms with Gasteiger partial charge >= 0.3 is 0 Å². The highest BCUT2D eigenvalue weighted by atomic mass is 16.5. The molecule has 1 heterocycles. The Bertz CT molecular complexity index is 430. The fraction of sp³-hybridized carbons (Fsp3) is 0.500. The number of benzene rings is 1. The molecule has 16 heavy (non-hydrogen) atoms. The van der Waals surface area contributed by atoms with Crippen LogP contribution in [0.1, 0.15) is 56.0 Å². The van der Waals surface area contributed by atoms with Crippen LogP contribution in [-0.4, -0.2) is 11.4 Å². The number of hydrogen-bond acceptors (Lipinski definition) is 2. The molecule has 1 aliphatic rings. The SMILES string of the molecule is CC(C)c1ccc2c(c1)C(=O)CC(C)(C)O2. The molecule has 0 saturated carbocycles. The molecule has 0 bridgehead atoms. The minimum atomic E-state index is -0.372. The summed E-state index contributed by atoms with van der Waals surface area (Å²) in [6.07, 6.45) is 0.460. The van der Waals surface area contributed by atoms with Crippen LogP contribution >= 0.6 is 0 Å². The number of ketones is 1. The number of hydrogen-bond donors (Lipinski definition) is 0. The quantitative estimate of drug-likeness (QED) is 0.720. The van der Waals surface area contributed by atoms with Crippen LogP contribution in [0.5, 0.6) is 5.75 Å². The zero-order chi connectivity index (χ0) is 11.9. The molecular formula is C14H18O2. The zero-order valence-corrected chi connectivity index (χ0v) is 10.3. The molecule has 2 heteroatoms. The number of carbonyl (C=O) groups excluding carboxylic acids is 1. The van der Waals surface area contributed by atoms with Gasteiger partial charge in [0.2, 0.25) is 0 Å². The fourth-order valence-electron chi connectivity index (χ4n) is 2.03. The highest BCUT2D eigenvalue weighted by molar-refractivity contribution is 6.00. The first-order valence-electron chi connectivity index (χ1n) is 5.75. The van der Waals surface area contributed by atoms with Crippen molar-refractivity contribution < 1.29 is 9.53 Å². The Morgan fingerprint density at radius 1 is 1.31 bits per heavy atom. The van der Waals surface area contributed by atoms with E-state index in [9.17, 15) is 4.79 Å². The molecule has 1 aromatic rings. The smallest absolute Gasteiger partial charge is 0.170 e. The highest BCUT2D eigenvalue weighted by Gasteiger charge is 2.32. The van der Waals surface area contributed by atoms with Crippen LogP contribution in [-0.2, 0) is 0 Å². The van der Waals surface area contributed by atoms with Gasteiger partial charge in [-0.15, -0.1) is 0 Å². The van der Waals surface area contributed by atoms with E-state index in [-0.39, 0.29) is 11.4 Å². The van der Waals surface area contributed by atoms with Gasteiger partial charge in [-0.2, -0.15) is 0 Å². The molecule has 0 aromatic heterocycles. The van der Waals surface area contributed by atoms with Gasteiger partial charge < -0.3 is 4.74 Å². The van der Waals surface area contributed by atoms with E-state index in [1.807, 2.05) is 32.0 Å². The Kier molecular flexibility index (Phi) is 2.53. The van der Waals surface area contributed by atoms with Gasteiger partial charge in [-0.1, -0.05) is 19.9 Å². The van der Waals surface area contributed by atoms with E-state index in [4.69, 9.17) is 4.74 Å². The summed E-state index contributed by atoms with van der Waals surface area (Å²) in [5, 5.41) is 0. The maximum atomic E-state index is 12.0. The van der Waals surface area contributed by atoms with E-state index in [0.717, 1.165) is 11.3 Å². The molecule has 1 aromatic carbocycles. The third-order valence-corrected chi connectivity index (χ3v) is 2.94. The fourth-order valence-corrected chi connectivity index (χ4v) is 2.03. The van der Waals surface area contributed by atoms with Crippen molar-refractivity contribution in [3.63, 3.8) is 0 Å². The predicted molar refractivity (Wildman–Crippen MR) is 64.2 cm³/mol. The molecule has 0 saturated heterocycles. The Labute approximate surface area is 96.6 Å². The first-order chi connectivity index (χ1) is 7.39. The van der Waals surface area contributed by atoms with Crippen molar-refractivity contribution in [1.29, 1.82) is 0 Å². The second-order valence-corrected chi connectivity index (χ2v) is 5.37. The van der Waals surface area contributed by atoms with Gasteiger partial charge in [-0.05, 0) is 37.5 Å². The molecule has 2 rings (SSSR count). The van der Waals surface area contributed by atoms with Crippen molar-refractivity contribution in [2.45, 2.75) is 45.6 Å². The molecule has 0 atom stereocenters. The Morgan fingerprint density at radius 2 is 2.00 bits per heavy atom. The summed E-state index contributed by atoms with van der Waals surface area (Å²) >= 11 is 0. The monoisotopic (exact) mass is 218 g/mol. The summed E-state index contributed by atoms with van der Waals surface area (Å²) in [7, 11) is 0. The molecule has 0 spiro atoms. The molecule has 1 aliphatic heterocycles. The van der Waals surface area contributed by atoms with E-state index in [1.165, 1.54) is 5.56 Å². The van der Waals surface area contributed by atoms with Crippen molar-refractivity contribution in [2.24, 2.45) is 0 Å². The molecule has 0 amide bonds. The van der Waals surface area contributed by atoms with Gasteiger partial charge in [0.25, 0.3) is 0 Å². The second-order valence-electron chi connectivity index (χ2n) is 5.37. The van der Waals surface area contributed by atoms with Crippen molar-refractivity contribution in [2.75, 3.05) is 0 Å². The number of Topliss-reactive ketones (excluding diaryl/α,β-unsaturated/α-hetero) is 1. The van der Waals surface area contributed by atoms with Crippen LogP contribution in [0.4, 0.5) is 0 Å². The predicted octanol–water partition coefficient (Wildman–Crippen LogP) is 3.55. The number of ether oxygens (including phenoxy) is 1. The minimum absolute atomic E-state index is 0.189. The number of fused-ring (bicyclic) bond motifs is 1. The summed E-state index contributed by atoms with van der Waals surface area (Å²) in [4.78, 5) is 12.0. The van der Waals surface area contributed by atoms with Crippen LogP contribution in [0, 0.1) is 0 Å². The van der Waals surface area contributed by atoms with Crippen LogP contribution in [0.2, 0.25) is 0 Å². The van der Waals surface area contributed by atoms with Gasteiger partial charge in [0.15, 0.2) is 5.78 Å². The van der Waals surface area contributed by atoms with Gasteiger partial charge in [-0.25, -0.2) is 0 Å². The Hall–Kier alpha value is -1.31. The van der Waals surface area contributed by atoms with Crippen LogP contribution in [0.25, 0.3) is 0 Å². The summed E-state index contributed by atoms with van der Waals surface area (Å²) in [6.45, 7) is 8.15. The molecule has 0 fully saturated rings. The van der Waals surface area contributed by atoms with Crippen LogP contribution < -0.4 is 4.74 Å². The maximum absolute atomic E-state index is 12.0. The van der Waals surface area contributed by atoms with Crippen LogP contribution in [0.3, 0.4) is 0 Å². The number of rotatable bonds is 1. The molecule has 0 aliphatic carbocycles. The first-order valence-corrected chi connectivity index (χ1v) is 5.75. The Morgan fingerprint density at radius 3 is 2.62 bits per heavy atom. The lowest BCUT2D eigenvalue weighted by molar-refractivity contribution is 0.0620. The van der Waals surface area contributed by atoms with E-state index < -0.39 is 0 Å². The Balaban J connectivity index is 2.45. The summed E-state index contributed by atoms with van der Waals surface area (Å²) in [5.74, 6) is 1.35. The average molecular weight is 218 g/mol. The minimum Gasteiger partial charge on any atom is -0.487 e. The van der Waals surface area contributed by atoms with Crippen molar-refractivity contribution >= 4 is 5.78 Å². The van der Waals surface area contributed by atoms with Gasteiger partial charge in [0, 0.05) is 0 Å². The molecule has 0 unspecified atom stereocenters. The van der Waals surface area contributed by atoms with Crippen molar-refractivity contribution in [1.82, 2.24) is 0 Å². The zero-order valence-electron chi connectivity index (χ0n) is 10.3. The third-order valence-electron chi connectivity index (χ3n) is 2.94. The van der Waals surface area contributed by atoms with Crippen LogP contribution in [0.15, 0.2) is 18.2 Å². The molecular weight excluding hydrogens is 200 g/mol. The lowest BCUT2D eigenvalue weighted by Gasteiger charge is -2.31. The van der Waals surface area contributed by atoms with Gasteiger partial charge in [0.1, 0.15) is 11.4 Å². The average Bonchev–Trinajstić information content (AvgIpc) is 2.15. The molecule has 0 radical (unpaired) electrons.